The highest BCUT2D eigenvalue weighted by molar-refractivity contribution is 5.21. The molecule has 1 heterocycles. The molecule has 0 amide bonds. The Hall–Kier alpha value is -0.360. The third kappa shape index (κ3) is 3.61. The largest absolute Gasteiger partial charge is 0.394 e. The summed E-state index contributed by atoms with van der Waals surface area (Å²) in [4.78, 5) is 0. The van der Waals surface area contributed by atoms with Crippen LogP contribution in [0.1, 0.15) is 65.2 Å². The van der Waals surface area contributed by atoms with Gasteiger partial charge in [0.05, 0.1) is 25.9 Å². The molecule has 4 saturated carbocycles. The van der Waals surface area contributed by atoms with E-state index in [1.54, 1.807) is 0 Å². The first-order chi connectivity index (χ1) is 16.5. The van der Waals surface area contributed by atoms with Gasteiger partial charge in [0.1, 0.15) is 30.0 Å². The summed E-state index contributed by atoms with van der Waals surface area (Å²) in [5.41, 5.74) is -2.07. The fraction of sp³-hybridized carbons (Fsp3) is 1.00. The van der Waals surface area contributed by atoms with Crippen LogP contribution in [0.5, 0.6) is 0 Å². The van der Waals surface area contributed by atoms with Crippen LogP contribution in [-0.2, 0) is 9.47 Å². The third-order valence-corrected chi connectivity index (χ3v) is 11.3. The Kier molecular flexibility index (Phi) is 6.64. The predicted molar refractivity (Wildman–Crippen MR) is 124 cm³/mol. The SMILES string of the molecule is C[C@@]1(CO[C@@H]2O[C@H](CO)[C@H](O)[C@H](O)[C@H]2O)CCC[C@]2(C)[C@@H]1CC[C@@]13C[C@@H](CC[C@@H]21)[C@@](O)(CO)[C@@H]3O. The second-order valence-electron chi connectivity index (χ2n) is 12.9. The average molecular weight is 501 g/mol. The summed E-state index contributed by atoms with van der Waals surface area (Å²) in [6.07, 6.45) is -0.201. The van der Waals surface area contributed by atoms with Gasteiger partial charge in [-0.1, -0.05) is 20.3 Å². The molecule has 202 valence electrons. The zero-order valence-electron chi connectivity index (χ0n) is 20.9. The van der Waals surface area contributed by atoms with E-state index in [2.05, 4.69) is 13.8 Å². The van der Waals surface area contributed by atoms with Gasteiger partial charge < -0.3 is 45.2 Å². The number of fused-ring (bicyclic) bond motifs is 3. The smallest absolute Gasteiger partial charge is 0.186 e. The molecule has 13 atom stereocenters. The number of rotatable bonds is 5. The van der Waals surface area contributed by atoms with E-state index in [1.165, 1.54) is 0 Å². The zero-order chi connectivity index (χ0) is 25.4. The van der Waals surface area contributed by atoms with Gasteiger partial charge in [0, 0.05) is 5.41 Å². The summed E-state index contributed by atoms with van der Waals surface area (Å²) in [5.74, 6) is 0.478. The number of aliphatic hydroxyl groups is 7. The lowest BCUT2D eigenvalue weighted by Crippen LogP contribution is -2.62. The van der Waals surface area contributed by atoms with E-state index in [4.69, 9.17) is 9.47 Å². The Morgan fingerprint density at radius 2 is 1.63 bits per heavy atom. The molecule has 9 heteroatoms. The molecular formula is C26H44O9. The number of aliphatic hydroxyl groups excluding tert-OH is 6. The Bertz CT molecular complexity index is 795. The van der Waals surface area contributed by atoms with Crippen molar-refractivity contribution in [1.29, 1.82) is 0 Å². The maximum absolute atomic E-state index is 11.4. The fourth-order valence-corrected chi connectivity index (χ4v) is 9.60. The lowest BCUT2D eigenvalue weighted by Gasteiger charge is -2.64. The molecule has 0 radical (unpaired) electrons. The Labute approximate surface area is 207 Å². The van der Waals surface area contributed by atoms with Crippen LogP contribution in [0.2, 0.25) is 0 Å². The number of hydrogen-bond acceptors (Lipinski definition) is 9. The molecule has 35 heavy (non-hydrogen) atoms. The van der Waals surface area contributed by atoms with Crippen LogP contribution in [0.4, 0.5) is 0 Å². The van der Waals surface area contributed by atoms with Gasteiger partial charge >= 0.3 is 0 Å². The third-order valence-electron chi connectivity index (χ3n) is 11.3. The highest BCUT2D eigenvalue weighted by Gasteiger charge is 2.71. The molecule has 1 aliphatic heterocycles. The van der Waals surface area contributed by atoms with Crippen molar-refractivity contribution in [2.45, 2.75) is 108 Å². The number of hydrogen-bond donors (Lipinski definition) is 7. The molecule has 5 aliphatic rings. The minimum Gasteiger partial charge on any atom is -0.394 e. The highest BCUT2D eigenvalue weighted by Crippen LogP contribution is 2.72. The van der Waals surface area contributed by atoms with Crippen LogP contribution in [0, 0.1) is 34.0 Å². The van der Waals surface area contributed by atoms with Crippen molar-refractivity contribution in [3.05, 3.63) is 0 Å². The first-order valence-electron chi connectivity index (χ1n) is 13.4. The first kappa shape index (κ1) is 26.3. The van der Waals surface area contributed by atoms with Crippen molar-refractivity contribution in [3.8, 4) is 0 Å². The monoisotopic (exact) mass is 500 g/mol. The van der Waals surface area contributed by atoms with Gasteiger partial charge in [0.25, 0.3) is 0 Å². The van der Waals surface area contributed by atoms with E-state index in [9.17, 15) is 35.7 Å². The second kappa shape index (κ2) is 8.85. The lowest BCUT2D eigenvalue weighted by atomic mass is 9.40. The maximum atomic E-state index is 11.4. The van der Waals surface area contributed by atoms with Crippen LogP contribution >= 0.6 is 0 Å². The summed E-state index contributed by atoms with van der Waals surface area (Å²) in [5, 5.41) is 72.7. The standard InChI is InChI=1S/C26H44O9/c1-23(13-34-21-20(31)19(30)18(29)15(11-27)35-21)7-3-8-24(2)16(23)6-9-25-10-14(4-5-17(24)25)26(33,12-28)22(25)32/h14-22,27-33H,3-13H2,1-2H3/t14-,15-,16-,17+,18+,19+,20-,21-,22-,23+,24-,25-,26+/m1/s1. The van der Waals surface area contributed by atoms with E-state index >= 15 is 0 Å². The highest BCUT2D eigenvalue weighted by atomic mass is 16.7. The molecular weight excluding hydrogens is 456 g/mol. The molecule has 0 aromatic carbocycles. The molecule has 4 aliphatic carbocycles. The topological polar surface area (TPSA) is 160 Å². The van der Waals surface area contributed by atoms with E-state index in [-0.39, 0.29) is 28.1 Å². The fourth-order valence-electron chi connectivity index (χ4n) is 9.60. The van der Waals surface area contributed by atoms with Crippen molar-refractivity contribution in [2.24, 2.45) is 34.0 Å². The summed E-state index contributed by atoms with van der Waals surface area (Å²) >= 11 is 0. The Balaban J connectivity index is 1.36. The van der Waals surface area contributed by atoms with Gasteiger partial charge in [-0.15, -0.1) is 0 Å². The molecule has 5 rings (SSSR count). The molecule has 9 nitrogen and oxygen atoms in total. The second-order valence-corrected chi connectivity index (χ2v) is 12.9. The van der Waals surface area contributed by atoms with Gasteiger partial charge in [0.15, 0.2) is 6.29 Å². The minimum absolute atomic E-state index is 0.0589. The van der Waals surface area contributed by atoms with Crippen molar-refractivity contribution in [1.82, 2.24) is 0 Å². The van der Waals surface area contributed by atoms with Crippen LogP contribution in [0.15, 0.2) is 0 Å². The van der Waals surface area contributed by atoms with Crippen LogP contribution in [0.25, 0.3) is 0 Å². The summed E-state index contributed by atoms with van der Waals surface area (Å²) in [6, 6.07) is 0. The van der Waals surface area contributed by atoms with Gasteiger partial charge in [0.2, 0.25) is 0 Å². The first-order valence-corrected chi connectivity index (χ1v) is 13.4. The quantitative estimate of drug-likeness (QED) is 0.274. The van der Waals surface area contributed by atoms with E-state index in [0.717, 1.165) is 51.4 Å². The van der Waals surface area contributed by atoms with Crippen molar-refractivity contribution in [3.63, 3.8) is 0 Å². The zero-order valence-corrected chi connectivity index (χ0v) is 20.9. The average Bonchev–Trinajstić information content (AvgIpc) is 2.99. The molecule has 5 fully saturated rings. The van der Waals surface area contributed by atoms with Gasteiger partial charge in [-0.2, -0.15) is 0 Å². The normalized spacial score (nSPS) is 58.0. The van der Waals surface area contributed by atoms with Crippen molar-refractivity contribution >= 4 is 0 Å². The van der Waals surface area contributed by atoms with Crippen LogP contribution in [0.3, 0.4) is 0 Å². The van der Waals surface area contributed by atoms with Crippen LogP contribution in [-0.4, -0.2) is 98.0 Å². The van der Waals surface area contributed by atoms with Gasteiger partial charge in [-0.05, 0) is 73.5 Å². The Morgan fingerprint density at radius 1 is 0.886 bits per heavy atom. The molecule has 0 aromatic heterocycles. The predicted octanol–water partition coefficient (Wildman–Crippen LogP) is -0.0900. The van der Waals surface area contributed by atoms with Crippen molar-refractivity contribution in [2.75, 3.05) is 19.8 Å². The molecule has 0 aromatic rings. The summed E-state index contributed by atoms with van der Waals surface area (Å²) in [6.45, 7) is 3.95. The molecule has 0 unspecified atom stereocenters. The lowest BCUT2D eigenvalue weighted by molar-refractivity contribution is -0.311. The maximum Gasteiger partial charge on any atom is 0.186 e. The minimum atomic E-state index is -1.46. The van der Waals surface area contributed by atoms with Crippen LogP contribution < -0.4 is 0 Å². The number of ether oxygens (including phenoxy) is 2. The molecule has 1 saturated heterocycles. The van der Waals surface area contributed by atoms with E-state index in [0.29, 0.717) is 12.5 Å². The van der Waals surface area contributed by atoms with Gasteiger partial charge in [-0.3, -0.25) is 0 Å². The van der Waals surface area contributed by atoms with Gasteiger partial charge in [-0.25, -0.2) is 0 Å². The van der Waals surface area contributed by atoms with E-state index < -0.39 is 55.6 Å². The van der Waals surface area contributed by atoms with Crippen molar-refractivity contribution < 1.29 is 45.2 Å². The Morgan fingerprint density at radius 3 is 2.31 bits per heavy atom. The molecule has 2 bridgehead atoms. The molecule has 7 N–H and O–H groups in total. The summed E-state index contributed by atoms with van der Waals surface area (Å²) < 4.78 is 11.7. The van der Waals surface area contributed by atoms with E-state index in [1.807, 2.05) is 0 Å². The summed E-state index contributed by atoms with van der Waals surface area (Å²) in [7, 11) is 0. The molecule has 1 spiro atoms.